The molecule has 2 N–H and O–H groups in total. The third-order valence-electron chi connectivity index (χ3n) is 2.49. The Labute approximate surface area is 103 Å². The van der Waals surface area contributed by atoms with Crippen LogP contribution in [-0.2, 0) is 6.54 Å². The first-order valence-corrected chi connectivity index (χ1v) is 5.80. The van der Waals surface area contributed by atoms with Gasteiger partial charge in [-0.25, -0.2) is 9.67 Å². The first-order valence-electron chi connectivity index (χ1n) is 5.01. The van der Waals surface area contributed by atoms with Crippen molar-refractivity contribution in [3.05, 3.63) is 39.8 Å². The summed E-state index contributed by atoms with van der Waals surface area (Å²) >= 11 is 3.50. The molecule has 2 rings (SSSR count). The van der Waals surface area contributed by atoms with Crippen LogP contribution in [0.25, 0.3) is 5.82 Å². The molecule has 0 unspecified atom stereocenters. The van der Waals surface area contributed by atoms with Gasteiger partial charge in [0.2, 0.25) is 0 Å². The van der Waals surface area contributed by atoms with Gasteiger partial charge in [-0.15, -0.1) is 0 Å². The molecule has 0 bridgehead atoms. The molecule has 0 saturated carbocycles. The first kappa shape index (κ1) is 11.3. The molecule has 2 aromatic heterocycles. The van der Waals surface area contributed by atoms with E-state index in [1.807, 2.05) is 30.7 Å². The number of nitrogens with two attached hydrogens (primary N) is 1. The number of nitrogens with zero attached hydrogens (tertiary/aromatic N) is 3. The number of rotatable bonds is 2. The molecule has 0 aromatic carbocycles. The Hall–Kier alpha value is -1.20. The molecule has 0 radical (unpaired) electrons. The zero-order valence-corrected chi connectivity index (χ0v) is 10.8. The van der Waals surface area contributed by atoms with E-state index < -0.39 is 0 Å². The molecule has 4 nitrogen and oxygen atoms in total. The predicted octanol–water partition coefficient (Wildman–Crippen LogP) is 2.11. The average Bonchev–Trinajstić information content (AvgIpc) is 2.57. The molecule has 2 heterocycles. The minimum Gasteiger partial charge on any atom is -0.326 e. The van der Waals surface area contributed by atoms with Crippen LogP contribution in [0.3, 0.4) is 0 Å². The van der Waals surface area contributed by atoms with Crippen LogP contribution < -0.4 is 5.73 Å². The molecule has 0 spiro atoms. The van der Waals surface area contributed by atoms with Crippen LogP contribution in [0.15, 0.2) is 22.8 Å². The van der Waals surface area contributed by atoms with Crippen molar-refractivity contribution >= 4 is 15.9 Å². The van der Waals surface area contributed by atoms with Gasteiger partial charge in [0.05, 0.1) is 15.9 Å². The number of aryl methyl sites for hydroxylation is 1. The van der Waals surface area contributed by atoms with Gasteiger partial charge in [0.15, 0.2) is 5.82 Å². The van der Waals surface area contributed by atoms with Crippen LogP contribution in [0, 0.1) is 13.8 Å². The van der Waals surface area contributed by atoms with Gasteiger partial charge >= 0.3 is 0 Å². The summed E-state index contributed by atoms with van der Waals surface area (Å²) in [4.78, 5) is 4.33. The Morgan fingerprint density at radius 2 is 2.19 bits per heavy atom. The van der Waals surface area contributed by atoms with E-state index >= 15 is 0 Å². The van der Waals surface area contributed by atoms with Crippen LogP contribution in [-0.4, -0.2) is 14.8 Å². The zero-order chi connectivity index (χ0) is 11.7. The van der Waals surface area contributed by atoms with E-state index in [0.717, 1.165) is 27.2 Å². The average molecular weight is 281 g/mol. The normalized spacial score (nSPS) is 10.8. The highest BCUT2D eigenvalue weighted by molar-refractivity contribution is 9.10. The van der Waals surface area contributed by atoms with Gasteiger partial charge in [0, 0.05) is 18.3 Å². The predicted molar refractivity (Wildman–Crippen MR) is 66.4 cm³/mol. The molecule has 0 aliphatic heterocycles. The molecule has 0 aliphatic carbocycles. The monoisotopic (exact) mass is 280 g/mol. The van der Waals surface area contributed by atoms with Gasteiger partial charge in [-0.2, -0.15) is 5.10 Å². The summed E-state index contributed by atoms with van der Waals surface area (Å²) in [5.41, 5.74) is 8.66. The number of hydrogen-bond acceptors (Lipinski definition) is 3. The smallest absolute Gasteiger partial charge is 0.158 e. The summed E-state index contributed by atoms with van der Waals surface area (Å²) in [5.74, 6) is 0.802. The van der Waals surface area contributed by atoms with E-state index in [2.05, 4.69) is 26.0 Å². The highest BCUT2D eigenvalue weighted by Gasteiger charge is 2.13. The Morgan fingerprint density at radius 1 is 1.44 bits per heavy atom. The molecule has 2 aromatic rings. The minimum atomic E-state index is 0.457. The van der Waals surface area contributed by atoms with Crippen molar-refractivity contribution < 1.29 is 0 Å². The Kier molecular flexibility index (Phi) is 3.07. The topological polar surface area (TPSA) is 56.7 Å². The maximum atomic E-state index is 5.69. The molecule has 0 amide bonds. The van der Waals surface area contributed by atoms with Crippen LogP contribution in [0.2, 0.25) is 0 Å². The van der Waals surface area contributed by atoms with Gasteiger partial charge in [0.1, 0.15) is 0 Å². The fourth-order valence-corrected chi connectivity index (χ4v) is 1.86. The van der Waals surface area contributed by atoms with Crippen LogP contribution >= 0.6 is 15.9 Å². The molecule has 0 aliphatic rings. The molecule has 0 atom stereocenters. The fraction of sp³-hybridized carbons (Fsp3) is 0.273. The lowest BCUT2D eigenvalue weighted by atomic mass is 10.2. The van der Waals surface area contributed by atoms with Crippen molar-refractivity contribution in [1.29, 1.82) is 0 Å². The molecular formula is C11H13BrN4. The van der Waals surface area contributed by atoms with Gasteiger partial charge in [-0.05, 0) is 35.8 Å². The first-order chi connectivity index (χ1) is 7.65. The molecule has 0 fully saturated rings. The summed E-state index contributed by atoms with van der Waals surface area (Å²) < 4.78 is 2.84. The van der Waals surface area contributed by atoms with Gasteiger partial charge in [-0.1, -0.05) is 6.07 Å². The lowest BCUT2D eigenvalue weighted by Gasteiger charge is -2.07. The fourth-order valence-electron chi connectivity index (χ4n) is 1.61. The third kappa shape index (κ3) is 1.76. The van der Waals surface area contributed by atoms with Crippen molar-refractivity contribution in [2.45, 2.75) is 20.4 Å². The Bertz CT molecular complexity index is 519. The minimum absolute atomic E-state index is 0.457. The maximum Gasteiger partial charge on any atom is 0.158 e. The second-order valence-corrected chi connectivity index (χ2v) is 4.38. The van der Waals surface area contributed by atoms with E-state index in [-0.39, 0.29) is 0 Å². The highest BCUT2D eigenvalue weighted by atomic mass is 79.9. The summed E-state index contributed by atoms with van der Waals surface area (Å²) in [7, 11) is 0. The van der Waals surface area contributed by atoms with Crippen molar-refractivity contribution in [1.82, 2.24) is 14.8 Å². The second kappa shape index (κ2) is 4.35. The Morgan fingerprint density at radius 3 is 2.75 bits per heavy atom. The number of pyridine rings is 1. The van der Waals surface area contributed by atoms with Gasteiger partial charge < -0.3 is 5.73 Å². The van der Waals surface area contributed by atoms with E-state index in [9.17, 15) is 0 Å². The van der Waals surface area contributed by atoms with E-state index in [0.29, 0.717) is 6.54 Å². The quantitative estimate of drug-likeness (QED) is 0.917. The second-order valence-electron chi connectivity index (χ2n) is 3.59. The van der Waals surface area contributed by atoms with E-state index in [1.165, 1.54) is 0 Å². The van der Waals surface area contributed by atoms with E-state index in [4.69, 9.17) is 5.73 Å². The summed E-state index contributed by atoms with van der Waals surface area (Å²) in [6.07, 6.45) is 1.75. The standard InChI is InChI=1S/C11H13BrN4/c1-7-10(12)8(2)16(15-7)11-9(6-13)4-3-5-14-11/h3-5H,6,13H2,1-2H3. The molecule has 0 saturated heterocycles. The molecular weight excluding hydrogens is 268 g/mol. The third-order valence-corrected chi connectivity index (χ3v) is 3.64. The maximum absolute atomic E-state index is 5.69. The van der Waals surface area contributed by atoms with Crippen LogP contribution in [0.1, 0.15) is 17.0 Å². The lowest BCUT2D eigenvalue weighted by molar-refractivity contribution is 0.788. The summed E-state index contributed by atoms with van der Waals surface area (Å²) in [5, 5.41) is 4.44. The van der Waals surface area contributed by atoms with Crippen molar-refractivity contribution in [3.8, 4) is 5.82 Å². The Balaban J connectivity index is 2.63. The number of aromatic nitrogens is 3. The van der Waals surface area contributed by atoms with Gasteiger partial charge in [-0.3, -0.25) is 0 Å². The van der Waals surface area contributed by atoms with E-state index in [1.54, 1.807) is 6.20 Å². The zero-order valence-electron chi connectivity index (χ0n) is 9.24. The molecule has 5 heteroatoms. The highest BCUT2D eigenvalue weighted by Crippen LogP contribution is 2.23. The largest absolute Gasteiger partial charge is 0.326 e. The molecule has 84 valence electrons. The van der Waals surface area contributed by atoms with Gasteiger partial charge in [0.25, 0.3) is 0 Å². The number of hydrogen-bond donors (Lipinski definition) is 1. The van der Waals surface area contributed by atoms with Crippen molar-refractivity contribution in [2.75, 3.05) is 0 Å². The number of halogens is 1. The van der Waals surface area contributed by atoms with Crippen molar-refractivity contribution in [3.63, 3.8) is 0 Å². The van der Waals surface area contributed by atoms with Crippen LogP contribution in [0.5, 0.6) is 0 Å². The lowest BCUT2D eigenvalue weighted by Crippen LogP contribution is -2.09. The van der Waals surface area contributed by atoms with Crippen molar-refractivity contribution in [2.24, 2.45) is 5.73 Å². The summed E-state index contributed by atoms with van der Waals surface area (Å²) in [6.45, 7) is 4.41. The molecule has 16 heavy (non-hydrogen) atoms. The van der Waals surface area contributed by atoms with Crippen LogP contribution in [0.4, 0.5) is 0 Å². The SMILES string of the molecule is Cc1nn(-c2ncccc2CN)c(C)c1Br. The summed E-state index contributed by atoms with van der Waals surface area (Å²) in [6, 6.07) is 3.85.